The summed E-state index contributed by atoms with van der Waals surface area (Å²) in [5, 5.41) is 12.8. The minimum Gasteiger partial charge on any atom is -0.504 e. The van der Waals surface area contributed by atoms with Crippen LogP contribution in [-0.2, 0) is 11.2 Å². The Kier molecular flexibility index (Phi) is 5.44. The van der Waals surface area contributed by atoms with Crippen LogP contribution in [0.2, 0.25) is 0 Å². The van der Waals surface area contributed by atoms with Crippen molar-refractivity contribution in [1.29, 1.82) is 0 Å². The van der Waals surface area contributed by atoms with E-state index >= 15 is 0 Å². The molecule has 4 heteroatoms. The Morgan fingerprint density at radius 3 is 2.50 bits per heavy atom. The molecule has 0 unspecified atom stereocenters. The maximum Gasteiger partial charge on any atom is 0.224 e. The average Bonchev–Trinajstić information content (AvgIpc) is 3.12. The third kappa shape index (κ3) is 4.11. The van der Waals surface area contributed by atoms with Gasteiger partial charge in [0.1, 0.15) is 0 Å². The molecule has 2 aliphatic rings. The lowest BCUT2D eigenvalue weighted by Gasteiger charge is -2.26. The molecule has 1 aromatic carbocycles. The first-order chi connectivity index (χ1) is 11.7. The second-order valence-corrected chi connectivity index (χ2v) is 6.94. The number of rotatable bonds is 4. The van der Waals surface area contributed by atoms with Gasteiger partial charge in [0.15, 0.2) is 11.5 Å². The first-order valence-corrected chi connectivity index (χ1v) is 9.00. The van der Waals surface area contributed by atoms with E-state index in [0.717, 1.165) is 31.2 Å². The highest BCUT2D eigenvalue weighted by atomic mass is 16.5. The number of phenolic OH excluding ortho intramolecular Hbond substituents is 1. The number of methoxy groups -OCH3 is 1. The molecule has 0 atom stereocenters. The number of amides is 1. The number of hydrogen-bond acceptors (Lipinski definition) is 3. The van der Waals surface area contributed by atoms with Crippen LogP contribution in [0.5, 0.6) is 11.5 Å². The van der Waals surface area contributed by atoms with Crippen LogP contribution >= 0.6 is 0 Å². The molecule has 0 heterocycles. The molecule has 3 rings (SSSR count). The molecule has 0 aliphatic heterocycles. The average molecular weight is 329 g/mol. The summed E-state index contributed by atoms with van der Waals surface area (Å²) >= 11 is 0. The van der Waals surface area contributed by atoms with Crippen molar-refractivity contribution in [2.75, 3.05) is 7.11 Å². The monoisotopic (exact) mass is 329 g/mol. The molecule has 2 aliphatic carbocycles. The Morgan fingerprint density at radius 2 is 1.83 bits per heavy atom. The van der Waals surface area contributed by atoms with Gasteiger partial charge in [0, 0.05) is 6.04 Å². The molecule has 0 spiro atoms. The van der Waals surface area contributed by atoms with Crippen molar-refractivity contribution in [2.24, 2.45) is 0 Å². The lowest BCUT2D eigenvalue weighted by atomic mass is 9.87. The standard InChI is InChI=1S/C20H27NO3/c1-24-19-12-14(6-11-18(19)22)13-20(23)21-17-9-7-16(8-10-17)15-4-2-3-5-15/h6,11-12,17,22H,2-5,7-10,13H2,1H3,(H,21,23). The zero-order chi connectivity index (χ0) is 16.9. The molecule has 2 N–H and O–H groups in total. The van der Waals surface area contributed by atoms with Crippen LogP contribution in [0.4, 0.5) is 0 Å². The second-order valence-electron chi connectivity index (χ2n) is 6.94. The van der Waals surface area contributed by atoms with E-state index < -0.39 is 0 Å². The van der Waals surface area contributed by atoms with Gasteiger partial charge in [-0.15, -0.1) is 0 Å². The highest BCUT2D eigenvalue weighted by Gasteiger charge is 2.21. The van der Waals surface area contributed by atoms with Gasteiger partial charge in [0.2, 0.25) is 5.91 Å². The van der Waals surface area contributed by atoms with E-state index in [1.807, 2.05) is 0 Å². The van der Waals surface area contributed by atoms with E-state index in [0.29, 0.717) is 18.2 Å². The van der Waals surface area contributed by atoms with E-state index in [9.17, 15) is 9.90 Å². The van der Waals surface area contributed by atoms with Gasteiger partial charge in [-0.2, -0.15) is 0 Å². The predicted molar refractivity (Wildman–Crippen MR) is 94.3 cm³/mol. The third-order valence-corrected chi connectivity index (χ3v) is 5.27. The van der Waals surface area contributed by atoms with Crippen LogP contribution in [0.15, 0.2) is 29.3 Å². The fourth-order valence-electron chi connectivity index (χ4n) is 3.92. The smallest absolute Gasteiger partial charge is 0.224 e. The van der Waals surface area contributed by atoms with Crippen LogP contribution < -0.4 is 10.1 Å². The lowest BCUT2D eigenvalue weighted by molar-refractivity contribution is -0.121. The Hall–Kier alpha value is -1.97. The van der Waals surface area contributed by atoms with Crippen LogP contribution in [0.25, 0.3) is 0 Å². The number of carbonyl (C=O) groups excluding carboxylic acids is 1. The molecule has 2 fully saturated rings. The normalized spacial score (nSPS) is 21.0. The molecule has 0 radical (unpaired) electrons. The summed E-state index contributed by atoms with van der Waals surface area (Å²) in [6.45, 7) is 0. The summed E-state index contributed by atoms with van der Waals surface area (Å²) in [4.78, 5) is 12.3. The SMILES string of the molecule is COc1cc(CC(=O)NC2CCC(=C3CCCC3)CC2)ccc1O. The van der Waals surface area contributed by atoms with Crippen molar-refractivity contribution < 1.29 is 14.6 Å². The number of ether oxygens (including phenoxy) is 1. The van der Waals surface area contributed by atoms with Gasteiger partial charge in [-0.25, -0.2) is 0 Å². The van der Waals surface area contributed by atoms with E-state index in [4.69, 9.17) is 4.74 Å². The zero-order valence-corrected chi connectivity index (χ0v) is 14.4. The molecule has 1 amide bonds. The molecule has 1 aromatic rings. The summed E-state index contributed by atoms with van der Waals surface area (Å²) in [5.41, 5.74) is 4.23. The van der Waals surface area contributed by atoms with Crippen LogP contribution in [0.3, 0.4) is 0 Å². The number of aromatic hydroxyl groups is 1. The van der Waals surface area contributed by atoms with Gasteiger partial charge in [0.25, 0.3) is 0 Å². The summed E-state index contributed by atoms with van der Waals surface area (Å²) < 4.78 is 5.09. The summed E-state index contributed by atoms with van der Waals surface area (Å²) in [6.07, 6.45) is 10.0. The highest BCUT2D eigenvalue weighted by Crippen LogP contribution is 2.34. The molecule has 0 aromatic heterocycles. The van der Waals surface area contributed by atoms with E-state index in [-0.39, 0.29) is 11.7 Å². The van der Waals surface area contributed by atoms with Gasteiger partial charge in [-0.05, 0) is 69.1 Å². The van der Waals surface area contributed by atoms with Crippen molar-refractivity contribution in [1.82, 2.24) is 5.32 Å². The second kappa shape index (κ2) is 7.73. The fraction of sp³-hybridized carbons (Fsp3) is 0.550. The highest BCUT2D eigenvalue weighted by molar-refractivity contribution is 5.79. The van der Waals surface area contributed by atoms with Gasteiger partial charge < -0.3 is 15.2 Å². The van der Waals surface area contributed by atoms with Crippen LogP contribution in [0.1, 0.15) is 56.9 Å². The summed E-state index contributed by atoms with van der Waals surface area (Å²) in [6, 6.07) is 5.35. The van der Waals surface area contributed by atoms with Crippen LogP contribution in [-0.4, -0.2) is 24.2 Å². The Labute approximate surface area is 143 Å². The maximum atomic E-state index is 12.3. The minimum absolute atomic E-state index is 0.0460. The predicted octanol–water partition coefficient (Wildman–Crippen LogP) is 3.87. The Bertz CT molecular complexity index is 618. The largest absolute Gasteiger partial charge is 0.504 e. The first-order valence-electron chi connectivity index (χ1n) is 9.00. The maximum absolute atomic E-state index is 12.3. The van der Waals surface area contributed by atoms with E-state index in [2.05, 4.69) is 5.32 Å². The molecule has 0 saturated heterocycles. The Morgan fingerprint density at radius 1 is 1.17 bits per heavy atom. The molecule has 4 nitrogen and oxygen atoms in total. The summed E-state index contributed by atoms with van der Waals surface area (Å²) in [7, 11) is 1.51. The number of benzene rings is 1. The number of carbonyl (C=O) groups is 1. The molecule has 2 saturated carbocycles. The number of allylic oxidation sites excluding steroid dienone is 2. The molecule has 24 heavy (non-hydrogen) atoms. The lowest BCUT2D eigenvalue weighted by Crippen LogP contribution is -2.37. The van der Waals surface area contributed by atoms with Gasteiger partial charge in [-0.3, -0.25) is 4.79 Å². The van der Waals surface area contributed by atoms with Gasteiger partial charge in [-0.1, -0.05) is 17.2 Å². The van der Waals surface area contributed by atoms with Crippen molar-refractivity contribution in [3.63, 3.8) is 0 Å². The van der Waals surface area contributed by atoms with E-state index in [1.54, 1.807) is 29.3 Å². The molecular weight excluding hydrogens is 302 g/mol. The van der Waals surface area contributed by atoms with Crippen molar-refractivity contribution >= 4 is 5.91 Å². The van der Waals surface area contributed by atoms with Crippen molar-refractivity contribution in [3.8, 4) is 11.5 Å². The molecular formula is C20H27NO3. The summed E-state index contributed by atoms with van der Waals surface area (Å²) in [5.74, 6) is 0.553. The quantitative estimate of drug-likeness (QED) is 0.824. The van der Waals surface area contributed by atoms with E-state index in [1.165, 1.54) is 32.8 Å². The zero-order valence-electron chi connectivity index (χ0n) is 14.4. The minimum atomic E-state index is 0.0460. The first kappa shape index (κ1) is 16.9. The Balaban J connectivity index is 1.50. The molecule has 0 bridgehead atoms. The van der Waals surface area contributed by atoms with Crippen LogP contribution in [0, 0.1) is 0 Å². The number of phenols is 1. The fourth-order valence-corrected chi connectivity index (χ4v) is 3.92. The van der Waals surface area contributed by atoms with Crippen molar-refractivity contribution in [3.05, 3.63) is 34.9 Å². The topological polar surface area (TPSA) is 58.6 Å². The number of nitrogens with one attached hydrogen (secondary N) is 1. The van der Waals surface area contributed by atoms with Gasteiger partial charge in [0.05, 0.1) is 13.5 Å². The number of hydrogen-bond donors (Lipinski definition) is 2. The molecule has 130 valence electrons. The van der Waals surface area contributed by atoms with Gasteiger partial charge >= 0.3 is 0 Å². The third-order valence-electron chi connectivity index (χ3n) is 5.27. The van der Waals surface area contributed by atoms with Crippen molar-refractivity contribution in [2.45, 2.75) is 63.8 Å².